The van der Waals surface area contributed by atoms with Crippen molar-refractivity contribution >= 4 is 22.9 Å². The van der Waals surface area contributed by atoms with Crippen LogP contribution in [0.3, 0.4) is 0 Å². The van der Waals surface area contributed by atoms with E-state index in [0.29, 0.717) is 28.9 Å². The zero-order valence-electron chi connectivity index (χ0n) is 13.8. The summed E-state index contributed by atoms with van der Waals surface area (Å²) in [5, 5.41) is 12.3. The van der Waals surface area contributed by atoms with Crippen molar-refractivity contribution in [3.8, 4) is 22.2 Å². The van der Waals surface area contributed by atoms with Crippen molar-refractivity contribution in [3.05, 3.63) is 59.6 Å². The Kier molecular flexibility index (Phi) is 4.32. The van der Waals surface area contributed by atoms with Crippen molar-refractivity contribution in [3.63, 3.8) is 0 Å². The molecule has 0 radical (unpaired) electrons. The molecule has 0 aliphatic heterocycles. The highest BCUT2D eigenvalue weighted by Crippen LogP contribution is 2.26. The predicted octanol–water partition coefficient (Wildman–Crippen LogP) is 3.94. The van der Waals surface area contributed by atoms with Crippen LogP contribution in [0.25, 0.3) is 22.2 Å². The van der Waals surface area contributed by atoms with E-state index in [1.165, 1.54) is 6.39 Å². The first-order valence-electron chi connectivity index (χ1n) is 7.85. The summed E-state index contributed by atoms with van der Waals surface area (Å²) < 4.78 is 10.8. The first-order valence-corrected chi connectivity index (χ1v) is 8.73. The minimum atomic E-state index is -0.179. The van der Waals surface area contributed by atoms with Gasteiger partial charge in [-0.1, -0.05) is 12.1 Å². The van der Waals surface area contributed by atoms with Crippen molar-refractivity contribution in [1.29, 1.82) is 0 Å². The largest absolute Gasteiger partial charge is 0.440 e. The lowest BCUT2D eigenvalue weighted by Gasteiger charge is -2.05. The molecule has 0 atom stereocenters. The molecule has 130 valence electrons. The van der Waals surface area contributed by atoms with Crippen LogP contribution in [0.2, 0.25) is 0 Å². The van der Waals surface area contributed by atoms with Gasteiger partial charge in [0.15, 0.2) is 0 Å². The van der Waals surface area contributed by atoms with Gasteiger partial charge in [0, 0.05) is 11.3 Å². The summed E-state index contributed by atoms with van der Waals surface area (Å²) in [5.41, 5.74) is 2.00. The van der Waals surface area contributed by atoms with Crippen LogP contribution in [0.4, 0.5) is 5.69 Å². The quantitative estimate of drug-likeness (QED) is 0.575. The molecule has 0 aliphatic rings. The maximum atomic E-state index is 12.4. The highest BCUT2D eigenvalue weighted by Gasteiger charge is 2.15. The number of carbonyl (C=O) groups is 1. The van der Waals surface area contributed by atoms with E-state index in [2.05, 4.69) is 20.5 Å². The van der Waals surface area contributed by atoms with Crippen molar-refractivity contribution in [2.75, 3.05) is 5.32 Å². The third-order valence-corrected chi connectivity index (χ3v) is 4.56. The van der Waals surface area contributed by atoms with E-state index < -0.39 is 0 Å². The first kappa shape index (κ1) is 16.2. The molecule has 26 heavy (non-hydrogen) atoms. The predicted molar refractivity (Wildman–Crippen MR) is 96.6 cm³/mol. The van der Waals surface area contributed by atoms with E-state index in [-0.39, 0.29) is 12.3 Å². The Balaban J connectivity index is 1.47. The van der Waals surface area contributed by atoms with Gasteiger partial charge >= 0.3 is 0 Å². The fourth-order valence-electron chi connectivity index (χ4n) is 2.48. The Morgan fingerprint density at radius 1 is 1.23 bits per heavy atom. The van der Waals surface area contributed by atoms with Crippen LogP contribution in [0.5, 0.6) is 0 Å². The minimum Gasteiger partial charge on any atom is -0.440 e. The maximum Gasteiger partial charge on any atom is 0.247 e. The number of benzene rings is 1. The fraction of sp³-hybridized carbons (Fsp3) is 0.111. The second kappa shape index (κ2) is 6.93. The van der Waals surface area contributed by atoms with Gasteiger partial charge in [-0.05, 0) is 36.6 Å². The van der Waals surface area contributed by atoms with Crippen molar-refractivity contribution in [2.24, 2.45) is 0 Å². The lowest BCUT2D eigenvalue weighted by Crippen LogP contribution is -2.15. The monoisotopic (exact) mass is 366 g/mol. The number of anilines is 1. The average molecular weight is 366 g/mol. The van der Waals surface area contributed by atoms with Crippen molar-refractivity contribution < 1.29 is 13.6 Å². The summed E-state index contributed by atoms with van der Waals surface area (Å²) in [5.74, 6) is 1.40. The van der Waals surface area contributed by atoms with E-state index in [0.717, 1.165) is 10.4 Å². The van der Waals surface area contributed by atoms with Crippen LogP contribution in [-0.4, -0.2) is 21.1 Å². The summed E-state index contributed by atoms with van der Waals surface area (Å²) in [7, 11) is 0. The smallest absolute Gasteiger partial charge is 0.247 e. The summed E-state index contributed by atoms with van der Waals surface area (Å²) >= 11 is 1.54. The Morgan fingerprint density at radius 3 is 2.92 bits per heavy atom. The molecule has 8 heteroatoms. The third kappa shape index (κ3) is 3.40. The number of oxazole rings is 1. The summed E-state index contributed by atoms with van der Waals surface area (Å²) in [6, 6.07) is 11.1. The molecule has 0 aliphatic carbocycles. The normalized spacial score (nSPS) is 10.8. The first-order chi connectivity index (χ1) is 12.7. The SMILES string of the molecule is Cc1oc(-c2cccs2)nc1CC(=O)Nc1cccc(-c2nnco2)c1. The van der Waals surface area contributed by atoms with Gasteiger partial charge in [-0.15, -0.1) is 21.5 Å². The molecular formula is C18H14N4O3S. The molecule has 0 saturated heterocycles. The highest BCUT2D eigenvalue weighted by molar-refractivity contribution is 7.13. The van der Waals surface area contributed by atoms with E-state index in [1.807, 2.05) is 36.6 Å². The molecule has 0 spiro atoms. The lowest BCUT2D eigenvalue weighted by molar-refractivity contribution is -0.115. The van der Waals surface area contributed by atoms with Crippen LogP contribution in [-0.2, 0) is 11.2 Å². The second-order valence-electron chi connectivity index (χ2n) is 5.55. The number of rotatable bonds is 5. The molecule has 0 fully saturated rings. The van der Waals surface area contributed by atoms with E-state index in [4.69, 9.17) is 8.83 Å². The molecule has 7 nitrogen and oxygen atoms in total. The molecule has 0 saturated carbocycles. The molecule has 4 aromatic rings. The Labute approximate surface area is 152 Å². The number of thiophene rings is 1. The van der Waals surface area contributed by atoms with Gasteiger partial charge in [0.05, 0.1) is 17.0 Å². The van der Waals surface area contributed by atoms with Crippen LogP contribution in [0, 0.1) is 6.92 Å². The molecule has 1 N–H and O–H groups in total. The zero-order chi connectivity index (χ0) is 17.9. The average Bonchev–Trinajstić information content (AvgIpc) is 3.37. The highest BCUT2D eigenvalue weighted by atomic mass is 32.1. The van der Waals surface area contributed by atoms with Crippen LogP contribution >= 0.6 is 11.3 Å². The molecule has 0 unspecified atom stereocenters. The summed E-state index contributed by atoms with van der Waals surface area (Å²) in [6.45, 7) is 1.81. The summed E-state index contributed by atoms with van der Waals surface area (Å²) in [6.07, 6.45) is 1.39. The van der Waals surface area contributed by atoms with Gasteiger partial charge < -0.3 is 14.2 Å². The molecule has 3 aromatic heterocycles. The van der Waals surface area contributed by atoms with Gasteiger partial charge in [0.1, 0.15) is 5.76 Å². The molecule has 1 aromatic carbocycles. The molecule has 0 bridgehead atoms. The minimum absolute atomic E-state index is 0.130. The van der Waals surface area contributed by atoms with Crippen molar-refractivity contribution in [1.82, 2.24) is 15.2 Å². The molecular weight excluding hydrogens is 352 g/mol. The molecule has 1 amide bonds. The van der Waals surface area contributed by atoms with E-state index >= 15 is 0 Å². The molecule has 4 rings (SSSR count). The Hall–Kier alpha value is -3.26. The third-order valence-electron chi connectivity index (χ3n) is 3.71. The van der Waals surface area contributed by atoms with Crippen LogP contribution < -0.4 is 5.32 Å². The number of hydrogen-bond donors (Lipinski definition) is 1. The number of hydrogen-bond acceptors (Lipinski definition) is 7. The van der Waals surface area contributed by atoms with Crippen molar-refractivity contribution in [2.45, 2.75) is 13.3 Å². The molecule has 3 heterocycles. The van der Waals surface area contributed by atoms with Gasteiger partial charge in [-0.2, -0.15) is 0 Å². The number of aryl methyl sites for hydroxylation is 1. The summed E-state index contributed by atoms with van der Waals surface area (Å²) in [4.78, 5) is 17.8. The maximum absolute atomic E-state index is 12.4. The standard InChI is InChI=1S/C18H14N4O3S/c1-11-14(21-18(25-11)15-6-3-7-26-15)9-16(23)20-13-5-2-4-12(8-13)17-22-19-10-24-17/h2-8,10H,9H2,1H3,(H,20,23). The van der Waals surface area contributed by atoms with Gasteiger partial charge in [0.25, 0.3) is 0 Å². The van der Waals surface area contributed by atoms with Crippen LogP contribution in [0.1, 0.15) is 11.5 Å². The topological polar surface area (TPSA) is 94.1 Å². The number of aromatic nitrogens is 3. The van der Waals surface area contributed by atoms with E-state index in [1.54, 1.807) is 23.5 Å². The Morgan fingerprint density at radius 2 is 2.15 bits per heavy atom. The number of amides is 1. The fourth-order valence-corrected chi connectivity index (χ4v) is 3.13. The number of nitrogens with one attached hydrogen (secondary N) is 1. The number of nitrogens with zero attached hydrogens (tertiary/aromatic N) is 3. The number of carbonyl (C=O) groups excluding carboxylic acids is 1. The zero-order valence-corrected chi connectivity index (χ0v) is 14.6. The Bertz CT molecular complexity index is 1020. The lowest BCUT2D eigenvalue weighted by atomic mass is 10.2. The van der Waals surface area contributed by atoms with E-state index in [9.17, 15) is 4.79 Å². The van der Waals surface area contributed by atoms with Crippen LogP contribution in [0.15, 0.2) is 57.0 Å². The van der Waals surface area contributed by atoms with Gasteiger partial charge in [-0.25, -0.2) is 4.98 Å². The van der Waals surface area contributed by atoms with Gasteiger partial charge in [-0.3, -0.25) is 4.79 Å². The van der Waals surface area contributed by atoms with Gasteiger partial charge in [0.2, 0.25) is 24.1 Å². The second-order valence-corrected chi connectivity index (χ2v) is 6.50.